The van der Waals surface area contributed by atoms with Crippen LogP contribution in [0.15, 0.2) is 42.6 Å². The van der Waals surface area contributed by atoms with Crippen LogP contribution in [-0.2, 0) is 0 Å². The van der Waals surface area contributed by atoms with Gasteiger partial charge in [0.25, 0.3) is 0 Å². The Morgan fingerprint density at radius 2 is 1.88 bits per heavy atom. The summed E-state index contributed by atoms with van der Waals surface area (Å²) in [4.78, 5) is 26.3. The molecule has 1 aliphatic heterocycles. The van der Waals surface area contributed by atoms with Crippen LogP contribution in [0.5, 0.6) is 0 Å². The number of rotatable bonds is 2. The fourth-order valence-corrected chi connectivity index (χ4v) is 3.82. The summed E-state index contributed by atoms with van der Waals surface area (Å²) in [5, 5.41) is 4.52. The number of carbonyl (C=O) groups is 1. The molecule has 128 valence electrons. The summed E-state index contributed by atoms with van der Waals surface area (Å²) in [6, 6.07) is 10.9. The Morgan fingerprint density at radius 1 is 1.12 bits per heavy atom. The van der Waals surface area contributed by atoms with Crippen molar-refractivity contribution >= 4 is 50.1 Å². The number of amides is 2. The molecule has 1 N–H and O–H groups in total. The number of pyridine rings is 1. The van der Waals surface area contributed by atoms with Crippen LogP contribution in [-0.4, -0.2) is 47.1 Å². The zero-order chi connectivity index (χ0) is 17.2. The van der Waals surface area contributed by atoms with Crippen molar-refractivity contribution in [1.29, 1.82) is 0 Å². The maximum atomic E-state index is 12.4. The number of anilines is 2. The lowest BCUT2D eigenvalue weighted by atomic mass is 10.3. The average molecular weight is 374 g/mol. The molecule has 3 heterocycles. The second-order valence-corrected chi connectivity index (χ2v) is 7.13. The summed E-state index contributed by atoms with van der Waals surface area (Å²) in [6.07, 6.45) is 1.78. The number of thiazole rings is 1. The van der Waals surface area contributed by atoms with E-state index in [1.165, 1.54) is 0 Å². The fraction of sp³-hybridized carbons (Fsp3) is 0.235. The first-order valence-corrected chi connectivity index (χ1v) is 9.16. The number of halogens is 1. The highest BCUT2D eigenvalue weighted by molar-refractivity contribution is 7.21. The van der Waals surface area contributed by atoms with Gasteiger partial charge in [0.1, 0.15) is 10.3 Å². The predicted octanol–water partition coefficient (Wildman–Crippen LogP) is 3.70. The lowest BCUT2D eigenvalue weighted by Gasteiger charge is -2.34. The van der Waals surface area contributed by atoms with E-state index in [0.717, 1.165) is 34.3 Å². The molecule has 0 atom stereocenters. The minimum atomic E-state index is -0.0899. The highest BCUT2D eigenvalue weighted by Crippen LogP contribution is 2.27. The van der Waals surface area contributed by atoms with E-state index in [1.807, 2.05) is 17.0 Å². The molecule has 25 heavy (non-hydrogen) atoms. The van der Waals surface area contributed by atoms with Crippen molar-refractivity contribution in [3.63, 3.8) is 0 Å². The van der Waals surface area contributed by atoms with Crippen LogP contribution in [0.3, 0.4) is 0 Å². The summed E-state index contributed by atoms with van der Waals surface area (Å²) < 4.78 is 0. The minimum absolute atomic E-state index is 0.0899. The lowest BCUT2D eigenvalue weighted by Crippen LogP contribution is -2.50. The van der Waals surface area contributed by atoms with Gasteiger partial charge < -0.3 is 15.1 Å². The number of hydrogen-bond acceptors (Lipinski definition) is 5. The predicted molar refractivity (Wildman–Crippen MR) is 102 cm³/mol. The van der Waals surface area contributed by atoms with Gasteiger partial charge in [-0.05, 0) is 36.4 Å². The van der Waals surface area contributed by atoms with Gasteiger partial charge >= 0.3 is 6.03 Å². The third kappa shape index (κ3) is 3.52. The first-order chi connectivity index (χ1) is 12.2. The van der Waals surface area contributed by atoms with E-state index in [9.17, 15) is 4.79 Å². The standard InChI is InChI=1S/C17H16ClN5OS/c18-12-3-5-13(6-4-12)20-16(24)22-8-10-23(11-9-22)17-21-14-2-1-7-19-15(14)25-17/h1-7H,8-11H2,(H,20,24). The quantitative estimate of drug-likeness (QED) is 0.744. The van der Waals surface area contributed by atoms with Gasteiger partial charge in [-0.15, -0.1) is 0 Å². The summed E-state index contributed by atoms with van der Waals surface area (Å²) in [7, 11) is 0. The molecule has 1 aliphatic rings. The Hall–Kier alpha value is -2.38. The maximum absolute atomic E-state index is 12.4. The molecule has 1 saturated heterocycles. The van der Waals surface area contributed by atoms with Gasteiger partial charge in [0.2, 0.25) is 0 Å². The van der Waals surface area contributed by atoms with E-state index in [1.54, 1.807) is 41.8 Å². The Morgan fingerprint density at radius 3 is 2.60 bits per heavy atom. The number of fused-ring (bicyclic) bond motifs is 1. The van der Waals surface area contributed by atoms with E-state index < -0.39 is 0 Å². The van der Waals surface area contributed by atoms with Crippen LogP contribution in [0.4, 0.5) is 15.6 Å². The molecule has 0 bridgehead atoms. The SMILES string of the molecule is O=C(Nc1ccc(Cl)cc1)N1CCN(c2nc3cccnc3s2)CC1. The minimum Gasteiger partial charge on any atom is -0.344 e. The second kappa shape index (κ2) is 6.85. The van der Waals surface area contributed by atoms with Crippen LogP contribution in [0.1, 0.15) is 0 Å². The maximum Gasteiger partial charge on any atom is 0.321 e. The summed E-state index contributed by atoms with van der Waals surface area (Å²) in [5.41, 5.74) is 1.67. The Balaban J connectivity index is 1.37. The molecule has 3 aromatic rings. The number of urea groups is 1. The van der Waals surface area contributed by atoms with Crippen LogP contribution >= 0.6 is 22.9 Å². The number of nitrogens with one attached hydrogen (secondary N) is 1. The third-order valence-electron chi connectivity index (χ3n) is 4.09. The van der Waals surface area contributed by atoms with E-state index in [0.29, 0.717) is 18.1 Å². The monoisotopic (exact) mass is 373 g/mol. The molecule has 1 aromatic carbocycles. The van der Waals surface area contributed by atoms with Gasteiger partial charge in [0, 0.05) is 43.1 Å². The molecule has 0 aliphatic carbocycles. The van der Waals surface area contributed by atoms with Gasteiger partial charge in [0.15, 0.2) is 5.13 Å². The zero-order valence-corrected chi connectivity index (χ0v) is 14.9. The number of benzene rings is 1. The van der Waals surface area contributed by atoms with Crippen molar-refractivity contribution in [1.82, 2.24) is 14.9 Å². The lowest BCUT2D eigenvalue weighted by molar-refractivity contribution is 0.208. The van der Waals surface area contributed by atoms with E-state index in [2.05, 4.69) is 20.2 Å². The molecule has 2 aromatic heterocycles. The normalized spacial score (nSPS) is 14.8. The molecule has 0 unspecified atom stereocenters. The van der Waals surface area contributed by atoms with Crippen LogP contribution in [0.25, 0.3) is 10.3 Å². The van der Waals surface area contributed by atoms with Crippen molar-refractivity contribution in [3.05, 3.63) is 47.6 Å². The molecular weight excluding hydrogens is 358 g/mol. The molecule has 0 saturated carbocycles. The van der Waals surface area contributed by atoms with Crippen molar-refractivity contribution < 1.29 is 4.79 Å². The first kappa shape index (κ1) is 16.1. The molecular formula is C17H16ClN5OS. The van der Waals surface area contributed by atoms with Crippen LogP contribution < -0.4 is 10.2 Å². The fourth-order valence-electron chi connectivity index (χ4n) is 2.73. The molecule has 4 rings (SSSR count). The Labute approximate surface area is 154 Å². The highest BCUT2D eigenvalue weighted by Gasteiger charge is 2.23. The molecule has 0 radical (unpaired) electrons. The topological polar surface area (TPSA) is 61.4 Å². The summed E-state index contributed by atoms with van der Waals surface area (Å²) in [5.74, 6) is 0. The summed E-state index contributed by atoms with van der Waals surface area (Å²) >= 11 is 7.45. The number of hydrogen-bond donors (Lipinski definition) is 1. The van der Waals surface area contributed by atoms with Crippen molar-refractivity contribution in [2.24, 2.45) is 0 Å². The van der Waals surface area contributed by atoms with Gasteiger partial charge in [-0.25, -0.2) is 14.8 Å². The first-order valence-electron chi connectivity index (χ1n) is 7.97. The van der Waals surface area contributed by atoms with Gasteiger partial charge in [-0.1, -0.05) is 22.9 Å². The van der Waals surface area contributed by atoms with Crippen molar-refractivity contribution in [2.75, 3.05) is 36.4 Å². The van der Waals surface area contributed by atoms with Crippen LogP contribution in [0.2, 0.25) is 5.02 Å². The number of carbonyl (C=O) groups excluding carboxylic acids is 1. The van der Waals surface area contributed by atoms with E-state index in [-0.39, 0.29) is 6.03 Å². The molecule has 2 amide bonds. The molecule has 0 spiro atoms. The van der Waals surface area contributed by atoms with Gasteiger partial charge in [0.05, 0.1) is 0 Å². The van der Waals surface area contributed by atoms with Crippen molar-refractivity contribution in [2.45, 2.75) is 0 Å². The van der Waals surface area contributed by atoms with Gasteiger partial charge in [-0.2, -0.15) is 0 Å². The van der Waals surface area contributed by atoms with Crippen LogP contribution in [0, 0.1) is 0 Å². The smallest absolute Gasteiger partial charge is 0.321 e. The summed E-state index contributed by atoms with van der Waals surface area (Å²) in [6.45, 7) is 2.83. The number of nitrogens with zero attached hydrogens (tertiary/aromatic N) is 4. The largest absolute Gasteiger partial charge is 0.344 e. The van der Waals surface area contributed by atoms with E-state index >= 15 is 0 Å². The average Bonchev–Trinajstić information content (AvgIpc) is 3.08. The third-order valence-corrected chi connectivity index (χ3v) is 5.38. The number of aromatic nitrogens is 2. The zero-order valence-electron chi connectivity index (χ0n) is 13.4. The van der Waals surface area contributed by atoms with Gasteiger partial charge in [-0.3, -0.25) is 0 Å². The second-order valence-electron chi connectivity index (χ2n) is 5.74. The van der Waals surface area contributed by atoms with E-state index in [4.69, 9.17) is 11.6 Å². The number of piperazine rings is 1. The molecule has 6 nitrogen and oxygen atoms in total. The molecule has 1 fully saturated rings. The van der Waals surface area contributed by atoms with Crippen molar-refractivity contribution in [3.8, 4) is 0 Å². The Kier molecular flexibility index (Phi) is 4.42. The highest BCUT2D eigenvalue weighted by atomic mass is 35.5. The molecule has 8 heteroatoms. The Bertz CT molecular complexity index is 856.